The Kier molecular flexibility index (Phi) is 9.71. The van der Waals surface area contributed by atoms with Crippen LogP contribution in [0.2, 0.25) is 0 Å². The van der Waals surface area contributed by atoms with Crippen molar-refractivity contribution in [2.75, 3.05) is 32.8 Å². The topological polar surface area (TPSA) is 130 Å². The molecule has 4 atom stereocenters. The van der Waals surface area contributed by atoms with Crippen LogP contribution in [0.5, 0.6) is 11.5 Å². The number of hydrogen-bond donors (Lipinski definition) is 2. The number of rotatable bonds is 11. The van der Waals surface area contributed by atoms with Crippen molar-refractivity contribution in [2.24, 2.45) is 0 Å². The number of aliphatic hydroxyl groups is 1. The Balaban J connectivity index is 1.16. The van der Waals surface area contributed by atoms with Gasteiger partial charge >= 0.3 is 0 Å². The van der Waals surface area contributed by atoms with Crippen LogP contribution >= 0.6 is 0 Å². The molecule has 0 radical (unpaired) electrons. The number of alkyl halides is 1. The van der Waals surface area contributed by atoms with Crippen LogP contribution in [0.3, 0.4) is 0 Å². The molecular formula is C39H36FN5O6. The molecule has 0 saturated carbocycles. The summed E-state index contributed by atoms with van der Waals surface area (Å²) in [5, 5.41) is 14.1. The Morgan fingerprint density at radius 1 is 0.863 bits per heavy atom. The van der Waals surface area contributed by atoms with Gasteiger partial charge < -0.3 is 33.9 Å². The number of methoxy groups -OCH3 is 2. The molecule has 4 unspecified atom stereocenters. The van der Waals surface area contributed by atoms with Gasteiger partial charge in [-0.1, -0.05) is 72.8 Å². The minimum absolute atomic E-state index is 0.100. The van der Waals surface area contributed by atoms with Crippen LogP contribution in [-0.4, -0.2) is 76.3 Å². The quantitative estimate of drug-likeness (QED) is 0.164. The second-order valence-corrected chi connectivity index (χ2v) is 12.1. The monoisotopic (exact) mass is 689 g/mol. The average molecular weight is 690 g/mol. The summed E-state index contributed by atoms with van der Waals surface area (Å²) in [6, 6.07) is 32.5. The minimum atomic E-state index is -1.77. The molecule has 2 aromatic heterocycles. The zero-order chi connectivity index (χ0) is 35.4. The molecule has 1 amide bonds. The van der Waals surface area contributed by atoms with Gasteiger partial charge in [0, 0.05) is 5.56 Å². The van der Waals surface area contributed by atoms with Gasteiger partial charge in [0.05, 0.1) is 39.8 Å². The number of imidazole rings is 1. The molecular weight excluding hydrogens is 653 g/mol. The molecule has 1 aliphatic rings. The van der Waals surface area contributed by atoms with E-state index in [2.05, 4.69) is 20.3 Å². The van der Waals surface area contributed by atoms with Gasteiger partial charge in [0.2, 0.25) is 0 Å². The smallest absolute Gasteiger partial charge is 0.256 e. The molecule has 11 nitrogen and oxygen atoms in total. The van der Waals surface area contributed by atoms with Crippen LogP contribution in [0.4, 0.5) is 10.2 Å². The predicted octanol–water partition coefficient (Wildman–Crippen LogP) is 5.74. The van der Waals surface area contributed by atoms with Crippen molar-refractivity contribution in [2.45, 2.75) is 30.0 Å². The average Bonchev–Trinajstić information content (AvgIpc) is 3.62. The molecule has 1 fully saturated rings. The van der Waals surface area contributed by atoms with Crippen LogP contribution in [0, 0.1) is 0 Å². The van der Waals surface area contributed by atoms with Crippen molar-refractivity contribution in [3.05, 3.63) is 144 Å². The molecule has 0 spiro atoms. The van der Waals surface area contributed by atoms with Crippen LogP contribution in [0.25, 0.3) is 11.2 Å². The largest absolute Gasteiger partial charge is 0.497 e. The second kappa shape index (κ2) is 14.7. The molecule has 12 heteroatoms. The molecule has 6 aromatic rings. The van der Waals surface area contributed by atoms with Crippen LogP contribution < -0.4 is 14.8 Å². The lowest BCUT2D eigenvalue weighted by atomic mass is 9.80. The Hall–Kier alpha value is -5.69. The van der Waals surface area contributed by atoms with Gasteiger partial charge in [-0.15, -0.1) is 0 Å². The molecule has 260 valence electrons. The molecule has 2 N–H and O–H groups in total. The van der Waals surface area contributed by atoms with E-state index in [-0.39, 0.29) is 36.1 Å². The molecule has 0 bridgehead atoms. The highest BCUT2D eigenvalue weighted by molar-refractivity contribution is 6.06. The van der Waals surface area contributed by atoms with Crippen LogP contribution in [0.1, 0.15) is 33.1 Å². The van der Waals surface area contributed by atoms with Crippen LogP contribution in [-0.2, 0) is 15.1 Å². The number of nitrogens with one attached hydrogen (secondary N) is 1. The van der Waals surface area contributed by atoms with Crippen molar-refractivity contribution >= 4 is 22.9 Å². The van der Waals surface area contributed by atoms with E-state index in [1.807, 2.05) is 84.9 Å². The highest BCUT2D eigenvalue weighted by atomic mass is 19.1. The number of amides is 1. The number of carbonyl (C=O) groups excluding carboxylic acids is 1. The lowest BCUT2D eigenvalue weighted by Gasteiger charge is -2.40. The number of aromatic nitrogens is 4. The summed E-state index contributed by atoms with van der Waals surface area (Å²) in [5.74, 6) is 1.16. The molecule has 3 heterocycles. The zero-order valence-corrected chi connectivity index (χ0v) is 27.9. The van der Waals surface area contributed by atoms with E-state index in [1.54, 1.807) is 38.5 Å². The summed E-state index contributed by atoms with van der Waals surface area (Å²) in [7, 11) is 3.20. The molecule has 51 heavy (non-hydrogen) atoms. The van der Waals surface area contributed by atoms with Crippen LogP contribution in [0.15, 0.2) is 122 Å². The van der Waals surface area contributed by atoms with Crippen molar-refractivity contribution in [3.8, 4) is 11.5 Å². The number of hydrogen-bond acceptors (Lipinski definition) is 9. The normalized spacial score (nSPS) is 19.1. The number of benzene rings is 4. The number of aliphatic hydroxyl groups excluding tert-OH is 1. The van der Waals surface area contributed by atoms with Gasteiger partial charge in [-0.25, -0.2) is 19.3 Å². The first kappa shape index (κ1) is 33.8. The maximum Gasteiger partial charge on any atom is 0.256 e. The highest BCUT2D eigenvalue weighted by Gasteiger charge is 2.44. The van der Waals surface area contributed by atoms with E-state index >= 15 is 4.39 Å². The Morgan fingerprint density at radius 2 is 1.45 bits per heavy atom. The molecule has 1 saturated heterocycles. The first-order valence-electron chi connectivity index (χ1n) is 16.4. The van der Waals surface area contributed by atoms with Gasteiger partial charge in [0.15, 0.2) is 23.2 Å². The summed E-state index contributed by atoms with van der Waals surface area (Å²) in [6.07, 6.45) is -1.65. The zero-order valence-electron chi connectivity index (χ0n) is 27.9. The van der Waals surface area contributed by atoms with E-state index in [0.717, 1.165) is 16.7 Å². The molecule has 7 rings (SSSR count). The van der Waals surface area contributed by atoms with E-state index in [4.69, 9.17) is 18.9 Å². The second-order valence-electron chi connectivity index (χ2n) is 12.1. The standard InChI is InChI=1S/C39H36FN5O6/c1-48-29-17-13-27(14-18-29)39(26-11-7-4-8-12-26,28-15-19-30(49-2)20-16-28)51-22-32-35(46)33(40)31(21-50-32)45-24-43-34-36(41-23-42-37(34)45)44-38(47)25-9-5-3-6-10-25/h3-20,23-24,31-33,35,46H,21-22H2,1-2H3,(H,41,42,44,47). The third-order valence-corrected chi connectivity index (χ3v) is 9.18. The number of fused-ring (bicyclic) bond motifs is 1. The van der Waals surface area contributed by atoms with Gasteiger partial charge in [-0.3, -0.25) is 4.79 Å². The Labute approximate surface area is 293 Å². The number of halogens is 1. The van der Waals surface area contributed by atoms with Crippen molar-refractivity contribution < 1.29 is 33.2 Å². The maximum absolute atomic E-state index is 16.3. The summed E-state index contributed by atoms with van der Waals surface area (Å²) >= 11 is 0. The van der Waals surface area contributed by atoms with E-state index < -0.39 is 30.0 Å². The minimum Gasteiger partial charge on any atom is -0.497 e. The lowest BCUT2D eigenvalue weighted by molar-refractivity contribution is -0.168. The maximum atomic E-state index is 16.3. The lowest BCUT2D eigenvalue weighted by Crippen LogP contribution is -2.51. The third-order valence-electron chi connectivity index (χ3n) is 9.18. The first-order valence-corrected chi connectivity index (χ1v) is 16.4. The van der Waals surface area contributed by atoms with E-state index in [1.165, 1.54) is 17.2 Å². The van der Waals surface area contributed by atoms with Crippen molar-refractivity contribution in [3.63, 3.8) is 0 Å². The van der Waals surface area contributed by atoms with Gasteiger partial charge in [0.25, 0.3) is 5.91 Å². The molecule has 4 aromatic carbocycles. The Morgan fingerprint density at radius 3 is 2.06 bits per heavy atom. The number of nitrogens with zero attached hydrogens (tertiary/aromatic N) is 4. The number of carbonyl (C=O) groups is 1. The predicted molar refractivity (Wildman–Crippen MR) is 188 cm³/mol. The first-order chi connectivity index (χ1) is 24.9. The SMILES string of the molecule is COc1ccc(C(OCC2OCC(n3cnc4c(NC(=O)c5ccccc5)ncnc43)C(F)C2O)(c2ccccc2)c2ccc(OC)cc2)cc1. The summed E-state index contributed by atoms with van der Waals surface area (Å²) in [5.41, 5.74) is 2.23. The van der Waals surface area contributed by atoms with Gasteiger partial charge in [-0.05, 0) is 53.1 Å². The Bertz CT molecular complexity index is 2030. The molecule has 0 aliphatic carbocycles. The highest BCUT2D eigenvalue weighted by Crippen LogP contribution is 2.42. The fourth-order valence-electron chi connectivity index (χ4n) is 6.46. The van der Waals surface area contributed by atoms with E-state index in [9.17, 15) is 9.90 Å². The van der Waals surface area contributed by atoms with Crippen molar-refractivity contribution in [1.82, 2.24) is 19.5 Å². The van der Waals surface area contributed by atoms with Gasteiger partial charge in [0.1, 0.15) is 35.6 Å². The summed E-state index contributed by atoms with van der Waals surface area (Å²) in [6.45, 7) is -0.249. The van der Waals surface area contributed by atoms with Gasteiger partial charge in [-0.2, -0.15) is 0 Å². The van der Waals surface area contributed by atoms with E-state index in [0.29, 0.717) is 17.1 Å². The summed E-state index contributed by atoms with van der Waals surface area (Å²) < 4.78 is 41.7. The van der Waals surface area contributed by atoms with Crippen molar-refractivity contribution in [1.29, 1.82) is 0 Å². The number of ether oxygens (including phenoxy) is 4. The third kappa shape index (κ3) is 6.52. The fraction of sp³-hybridized carbons (Fsp3) is 0.231. The summed E-state index contributed by atoms with van der Waals surface area (Å²) in [4.78, 5) is 25.7. The fourth-order valence-corrected chi connectivity index (χ4v) is 6.46. The number of anilines is 1. The molecule has 1 aliphatic heterocycles.